The number of hydrogen-bond donors (Lipinski definition) is 0. The van der Waals surface area contributed by atoms with Crippen molar-refractivity contribution in [3.8, 4) is 11.5 Å². The summed E-state index contributed by atoms with van der Waals surface area (Å²) in [5.74, 6) is 1.44. The van der Waals surface area contributed by atoms with Crippen molar-refractivity contribution in [1.82, 2.24) is 0 Å². The summed E-state index contributed by atoms with van der Waals surface area (Å²) in [4.78, 5) is 0. The molecule has 1 aliphatic rings. The van der Waals surface area contributed by atoms with E-state index in [1.807, 2.05) is 0 Å². The minimum atomic E-state index is -4.46. The predicted molar refractivity (Wildman–Crippen MR) is 92.0 cm³/mol. The molecule has 0 aromatic heterocycles. The SMILES string of the molecule is COc1ccc(C2=[O+][B-](F)(F)OC(c3ccc(OC)cc3)=C2C)cc1. The van der Waals surface area contributed by atoms with Gasteiger partial charge >= 0.3 is 7.11 Å². The van der Waals surface area contributed by atoms with E-state index in [2.05, 4.69) is 0 Å². The summed E-state index contributed by atoms with van der Waals surface area (Å²) < 4.78 is 48.0. The highest BCUT2D eigenvalue weighted by molar-refractivity contribution is 6.52. The van der Waals surface area contributed by atoms with Crippen LogP contribution in [0.1, 0.15) is 22.4 Å². The maximum Gasteiger partial charge on any atom is 0.995 e. The van der Waals surface area contributed by atoms with Gasteiger partial charge in [-0.05, 0) is 55.5 Å². The Morgan fingerprint density at radius 3 is 1.80 bits per heavy atom. The zero-order chi connectivity index (χ0) is 18.0. The number of benzene rings is 2. The highest BCUT2D eigenvalue weighted by Crippen LogP contribution is 2.33. The van der Waals surface area contributed by atoms with E-state index in [0.717, 1.165) is 0 Å². The average Bonchev–Trinajstić information content (AvgIpc) is 2.63. The number of rotatable bonds is 4. The van der Waals surface area contributed by atoms with Gasteiger partial charge in [0, 0.05) is 5.56 Å². The number of allylic oxidation sites excluding steroid dienone is 1. The number of ether oxygens (including phenoxy) is 2. The maximum atomic E-state index is 14.1. The molecular formula is C18H17BF2O4. The van der Waals surface area contributed by atoms with Crippen LogP contribution in [-0.4, -0.2) is 27.1 Å². The van der Waals surface area contributed by atoms with Crippen molar-refractivity contribution < 1.29 is 27.1 Å². The largest absolute Gasteiger partial charge is 0.995 e. The van der Waals surface area contributed by atoms with Crippen molar-refractivity contribution in [2.24, 2.45) is 0 Å². The fraction of sp³-hybridized carbons (Fsp3) is 0.167. The Balaban J connectivity index is 2.06. The molecule has 1 aliphatic heterocycles. The monoisotopic (exact) mass is 346 g/mol. The normalized spacial score (nSPS) is 16.1. The molecule has 2 aromatic carbocycles. The summed E-state index contributed by atoms with van der Waals surface area (Å²) in [5.41, 5.74) is 1.53. The molecular weight excluding hydrogens is 329 g/mol. The second-order valence-corrected chi connectivity index (χ2v) is 5.51. The molecule has 0 unspecified atom stereocenters. The van der Waals surface area contributed by atoms with Crippen LogP contribution >= 0.6 is 0 Å². The van der Waals surface area contributed by atoms with Crippen LogP contribution in [0.25, 0.3) is 5.76 Å². The molecule has 7 heteroatoms. The second kappa shape index (κ2) is 6.59. The van der Waals surface area contributed by atoms with E-state index in [1.54, 1.807) is 55.5 Å². The number of hydrogen-bond acceptors (Lipinski definition) is 3. The lowest BCUT2D eigenvalue weighted by Crippen LogP contribution is -2.32. The van der Waals surface area contributed by atoms with Crippen LogP contribution in [0.2, 0.25) is 0 Å². The van der Waals surface area contributed by atoms with Crippen LogP contribution in [-0.2, 0) is 4.65 Å². The lowest BCUT2D eigenvalue weighted by molar-refractivity contribution is -0.184. The summed E-state index contributed by atoms with van der Waals surface area (Å²) in [7, 11) is -1.39. The molecule has 4 nitrogen and oxygen atoms in total. The van der Waals surface area contributed by atoms with Gasteiger partial charge in [0.25, 0.3) is 5.78 Å². The van der Waals surface area contributed by atoms with E-state index in [0.29, 0.717) is 28.2 Å². The van der Waals surface area contributed by atoms with Gasteiger partial charge in [0.05, 0.1) is 31.1 Å². The Morgan fingerprint density at radius 2 is 1.32 bits per heavy atom. The van der Waals surface area contributed by atoms with Crippen LogP contribution < -0.4 is 9.47 Å². The number of methoxy groups -OCH3 is 2. The molecule has 0 atom stereocenters. The topological polar surface area (TPSA) is 39.0 Å². The molecule has 0 radical (unpaired) electrons. The van der Waals surface area contributed by atoms with E-state index < -0.39 is 7.11 Å². The van der Waals surface area contributed by atoms with Gasteiger partial charge < -0.3 is 27.1 Å². The first-order valence-corrected chi connectivity index (χ1v) is 7.68. The molecule has 0 aliphatic carbocycles. The Bertz CT molecular complexity index is 827. The van der Waals surface area contributed by atoms with Crippen molar-refractivity contribution >= 4 is 18.6 Å². The van der Waals surface area contributed by atoms with E-state index in [9.17, 15) is 8.63 Å². The zero-order valence-corrected chi connectivity index (χ0v) is 14.1. The summed E-state index contributed by atoms with van der Waals surface area (Å²) >= 11 is 0. The van der Waals surface area contributed by atoms with E-state index >= 15 is 0 Å². The lowest BCUT2D eigenvalue weighted by Gasteiger charge is -2.23. The quantitative estimate of drug-likeness (QED) is 0.613. The highest BCUT2D eigenvalue weighted by Gasteiger charge is 2.54. The average molecular weight is 346 g/mol. The predicted octanol–water partition coefficient (Wildman–Crippen LogP) is 4.26. The van der Waals surface area contributed by atoms with Gasteiger partial charge in [-0.3, -0.25) is 0 Å². The van der Waals surface area contributed by atoms with Gasteiger partial charge in [0.1, 0.15) is 11.5 Å². The maximum absolute atomic E-state index is 14.1. The van der Waals surface area contributed by atoms with Crippen LogP contribution in [0.5, 0.6) is 11.5 Å². The molecule has 3 rings (SSSR count). The van der Waals surface area contributed by atoms with Crippen LogP contribution in [0.4, 0.5) is 8.63 Å². The smallest absolute Gasteiger partial charge is 0.569 e. The minimum absolute atomic E-state index is 0.0877. The number of ketones is 1. The molecule has 25 heavy (non-hydrogen) atoms. The van der Waals surface area contributed by atoms with Gasteiger partial charge in [-0.15, -0.1) is 0 Å². The molecule has 2 aromatic rings. The third-order valence-corrected chi connectivity index (χ3v) is 3.90. The Hall–Kier alpha value is -2.83. The number of carbonyl (C=O) groups excluding carboxylic acids is 1. The molecule has 0 spiro atoms. The fourth-order valence-electron chi connectivity index (χ4n) is 2.63. The van der Waals surface area contributed by atoms with Crippen molar-refractivity contribution in [2.75, 3.05) is 14.2 Å². The van der Waals surface area contributed by atoms with E-state index in [4.69, 9.17) is 18.5 Å². The van der Waals surface area contributed by atoms with Gasteiger partial charge in [-0.1, -0.05) is 0 Å². The van der Waals surface area contributed by atoms with Crippen LogP contribution in [0.3, 0.4) is 0 Å². The van der Waals surface area contributed by atoms with Crippen LogP contribution in [0, 0.1) is 0 Å². The number of halogens is 2. The van der Waals surface area contributed by atoms with Crippen molar-refractivity contribution in [3.05, 3.63) is 65.2 Å². The Morgan fingerprint density at radius 1 is 0.840 bits per heavy atom. The first kappa shape index (κ1) is 17.0. The first-order chi connectivity index (χ1) is 11.9. The first-order valence-electron chi connectivity index (χ1n) is 7.68. The summed E-state index contributed by atoms with van der Waals surface area (Å²) in [6.07, 6.45) is 0. The van der Waals surface area contributed by atoms with E-state index in [1.165, 1.54) is 14.2 Å². The van der Waals surface area contributed by atoms with E-state index in [-0.39, 0.29) is 11.5 Å². The van der Waals surface area contributed by atoms with Gasteiger partial charge in [0.15, 0.2) is 0 Å². The molecule has 0 amide bonds. The summed E-state index contributed by atoms with van der Waals surface area (Å²) in [6, 6.07) is 13.4. The molecule has 0 N–H and O–H groups in total. The van der Waals surface area contributed by atoms with Crippen molar-refractivity contribution in [2.45, 2.75) is 6.92 Å². The minimum Gasteiger partial charge on any atom is -0.569 e. The second-order valence-electron chi connectivity index (χ2n) is 5.51. The Labute approximate surface area is 144 Å². The van der Waals surface area contributed by atoms with Gasteiger partial charge in [-0.25, -0.2) is 0 Å². The highest BCUT2D eigenvalue weighted by atomic mass is 19.3. The summed E-state index contributed by atoms with van der Waals surface area (Å²) in [6.45, 7) is 1.68. The Kier molecular flexibility index (Phi) is 4.48. The van der Waals surface area contributed by atoms with Crippen molar-refractivity contribution in [1.29, 1.82) is 0 Å². The molecule has 0 bridgehead atoms. The molecule has 0 saturated carbocycles. The molecule has 1 heterocycles. The van der Waals surface area contributed by atoms with Crippen LogP contribution in [0.15, 0.2) is 54.1 Å². The molecule has 0 saturated heterocycles. The third-order valence-electron chi connectivity index (χ3n) is 3.90. The van der Waals surface area contributed by atoms with Crippen molar-refractivity contribution in [3.63, 3.8) is 0 Å². The standard InChI is InChI=1S/C18H17BF2O4/c1-12-17(13-4-8-15(22-2)9-5-13)24-19(20,21)25-18(12)14-6-10-16(23-3)11-7-14/h4-11H,1-3H3. The molecule has 0 fully saturated rings. The lowest BCUT2D eigenvalue weighted by atomic mass is 9.97. The zero-order valence-electron chi connectivity index (χ0n) is 14.1. The van der Waals surface area contributed by atoms with Gasteiger partial charge in [0.2, 0.25) is 0 Å². The fourth-order valence-corrected chi connectivity index (χ4v) is 2.63. The molecule has 130 valence electrons. The third kappa shape index (κ3) is 3.50. The summed E-state index contributed by atoms with van der Waals surface area (Å²) in [5, 5.41) is 0. The van der Waals surface area contributed by atoms with Gasteiger partial charge in [-0.2, -0.15) is 0 Å².